The molecule has 1 saturated heterocycles. The molecule has 6 nitrogen and oxygen atoms in total. The van der Waals surface area contributed by atoms with Crippen molar-refractivity contribution in [2.45, 2.75) is 38.6 Å². The lowest BCUT2D eigenvalue weighted by atomic mass is 9.99. The highest BCUT2D eigenvalue weighted by molar-refractivity contribution is 5.94. The van der Waals surface area contributed by atoms with Gasteiger partial charge in [0.1, 0.15) is 0 Å². The van der Waals surface area contributed by atoms with E-state index in [1.807, 2.05) is 35.2 Å². The lowest BCUT2D eigenvalue weighted by Gasteiger charge is -2.35. The van der Waals surface area contributed by atoms with Crippen molar-refractivity contribution < 1.29 is 4.79 Å². The van der Waals surface area contributed by atoms with E-state index in [0.717, 1.165) is 42.4 Å². The highest BCUT2D eigenvalue weighted by atomic mass is 16.2. The van der Waals surface area contributed by atoms with Crippen LogP contribution < -0.4 is 5.32 Å². The summed E-state index contributed by atoms with van der Waals surface area (Å²) in [6.07, 6.45) is 9.31. The Kier molecular flexibility index (Phi) is 4.96. The van der Waals surface area contributed by atoms with Crippen molar-refractivity contribution in [3.05, 3.63) is 54.5 Å². The van der Waals surface area contributed by atoms with Crippen molar-refractivity contribution in [1.82, 2.24) is 19.9 Å². The standard InChI is InChI=1S/C21H23N5O/c1-2-17-9-3-4-12-26(17)20(27)16-13-23-21(24-14-16)25-18-10-5-7-15-8-6-11-22-19(15)18/h5-8,10-11,13-14,17H,2-4,9,12H2,1H3,(H,23,24,25). The SMILES string of the molecule is CCC1CCCCN1C(=O)c1cnc(Nc2cccc3cccnc23)nc1. The number of para-hydroxylation sites is 1. The van der Waals surface area contributed by atoms with E-state index in [2.05, 4.69) is 27.2 Å². The van der Waals surface area contributed by atoms with Crippen LogP contribution >= 0.6 is 0 Å². The molecule has 0 aliphatic carbocycles. The maximum absolute atomic E-state index is 12.8. The molecule has 4 rings (SSSR count). The Bertz CT molecular complexity index is 935. The predicted octanol–water partition coefficient (Wildman–Crippen LogP) is 4.17. The fourth-order valence-corrected chi connectivity index (χ4v) is 3.69. The number of likely N-dealkylation sites (tertiary alicyclic amines) is 1. The fourth-order valence-electron chi connectivity index (χ4n) is 3.69. The van der Waals surface area contributed by atoms with Crippen LogP contribution in [0.1, 0.15) is 43.0 Å². The number of aromatic nitrogens is 3. The number of hydrogen-bond donors (Lipinski definition) is 1. The van der Waals surface area contributed by atoms with Crippen molar-refractivity contribution in [3.8, 4) is 0 Å². The minimum absolute atomic E-state index is 0.0277. The molecular formula is C21H23N5O. The number of carbonyl (C=O) groups excluding carboxylic acids is 1. The maximum Gasteiger partial charge on any atom is 0.257 e. The summed E-state index contributed by atoms with van der Waals surface area (Å²) in [5.41, 5.74) is 2.24. The number of fused-ring (bicyclic) bond motifs is 1. The van der Waals surface area contributed by atoms with E-state index >= 15 is 0 Å². The zero-order valence-corrected chi connectivity index (χ0v) is 15.4. The molecule has 1 N–H and O–H groups in total. The van der Waals surface area contributed by atoms with E-state index in [-0.39, 0.29) is 5.91 Å². The molecule has 1 aliphatic rings. The lowest BCUT2D eigenvalue weighted by molar-refractivity contribution is 0.0607. The minimum Gasteiger partial charge on any atom is -0.336 e. The van der Waals surface area contributed by atoms with Gasteiger partial charge in [0.05, 0.1) is 16.8 Å². The van der Waals surface area contributed by atoms with Gasteiger partial charge in [-0.3, -0.25) is 9.78 Å². The smallest absolute Gasteiger partial charge is 0.257 e. The summed E-state index contributed by atoms with van der Waals surface area (Å²) in [6, 6.07) is 10.2. The maximum atomic E-state index is 12.8. The number of amides is 1. The molecule has 6 heteroatoms. The van der Waals surface area contributed by atoms with Crippen molar-refractivity contribution in [2.24, 2.45) is 0 Å². The average molecular weight is 361 g/mol. The Labute approximate surface area is 158 Å². The summed E-state index contributed by atoms with van der Waals surface area (Å²) in [6.45, 7) is 2.96. The summed E-state index contributed by atoms with van der Waals surface area (Å²) in [5, 5.41) is 4.25. The van der Waals surface area contributed by atoms with E-state index in [4.69, 9.17) is 0 Å². The van der Waals surface area contributed by atoms with Crippen LogP contribution in [0, 0.1) is 0 Å². The third kappa shape index (κ3) is 3.60. The topological polar surface area (TPSA) is 71.0 Å². The summed E-state index contributed by atoms with van der Waals surface area (Å²) in [4.78, 5) is 27.9. The van der Waals surface area contributed by atoms with Crippen LogP contribution in [0.15, 0.2) is 48.9 Å². The molecule has 0 saturated carbocycles. The number of nitrogens with one attached hydrogen (secondary N) is 1. The molecule has 27 heavy (non-hydrogen) atoms. The summed E-state index contributed by atoms with van der Waals surface area (Å²) >= 11 is 0. The van der Waals surface area contributed by atoms with Gasteiger partial charge in [-0.15, -0.1) is 0 Å². The Morgan fingerprint density at radius 1 is 1.15 bits per heavy atom. The first kappa shape index (κ1) is 17.4. The van der Waals surface area contributed by atoms with E-state index in [1.54, 1.807) is 18.6 Å². The third-order valence-corrected chi connectivity index (χ3v) is 5.14. The Morgan fingerprint density at radius 2 is 1.96 bits per heavy atom. The number of nitrogens with zero attached hydrogens (tertiary/aromatic N) is 4. The Hall–Kier alpha value is -3.02. The highest BCUT2D eigenvalue weighted by Gasteiger charge is 2.26. The second-order valence-electron chi connectivity index (χ2n) is 6.86. The van der Waals surface area contributed by atoms with E-state index in [1.165, 1.54) is 6.42 Å². The summed E-state index contributed by atoms with van der Waals surface area (Å²) in [7, 11) is 0. The van der Waals surface area contributed by atoms with E-state index in [0.29, 0.717) is 17.6 Å². The molecule has 1 unspecified atom stereocenters. The zero-order valence-electron chi connectivity index (χ0n) is 15.4. The first-order valence-electron chi connectivity index (χ1n) is 9.50. The van der Waals surface area contributed by atoms with Gasteiger partial charge in [0.25, 0.3) is 5.91 Å². The first-order chi connectivity index (χ1) is 13.3. The molecule has 1 aromatic carbocycles. The van der Waals surface area contributed by atoms with E-state index in [9.17, 15) is 4.79 Å². The van der Waals surface area contributed by atoms with Gasteiger partial charge in [0, 0.05) is 36.6 Å². The van der Waals surface area contributed by atoms with E-state index < -0.39 is 0 Å². The third-order valence-electron chi connectivity index (χ3n) is 5.14. The molecule has 3 aromatic rings. The molecule has 0 radical (unpaired) electrons. The Balaban J connectivity index is 1.53. The van der Waals surface area contributed by atoms with Crippen molar-refractivity contribution in [2.75, 3.05) is 11.9 Å². The number of rotatable bonds is 4. The summed E-state index contributed by atoms with van der Waals surface area (Å²) < 4.78 is 0. The molecular weight excluding hydrogens is 338 g/mol. The largest absolute Gasteiger partial charge is 0.336 e. The number of benzene rings is 1. The average Bonchev–Trinajstić information content (AvgIpc) is 2.74. The number of pyridine rings is 1. The van der Waals surface area contributed by atoms with Crippen LogP contribution in [0.5, 0.6) is 0 Å². The van der Waals surface area contributed by atoms with Gasteiger partial charge in [-0.25, -0.2) is 9.97 Å². The van der Waals surface area contributed by atoms with Gasteiger partial charge in [-0.05, 0) is 37.8 Å². The van der Waals surface area contributed by atoms with Crippen molar-refractivity contribution in [3.63, 3.8) is 0 Å². The Morgan fingerprint density at radius 3 is 2.78 bits per heavy atom. The number of hydrogen-bond acceptors (Lipinski definition) is 5. The highest BCUT2D eigenvalue weighted by Crippen LogP contribution is 2.24. The molecule has 1 atom stereocenters. The quantitative estimate of drug-likeness (QED) is 0.755. The van der Waals surface area contributed by atoms with Gasteiger partial charge < -0.3 is 10.2 Å². The zero-order chi connectivity index (χ0) is 18.6. The number of anilines is 2. The lowest BCUT2D eigenvalue weighted by Crippen LogP contribution is -2.43. The monoisotopic (exact) mass is 361 g/mol. The second-order valence-corrected chi connectivity index (χ2v) is 6.86. The predicted molar refractivity (Wildman–Crippen MR) is 106 cm³/mol. The molecule has 1 fully saturated rings. The molecule has 1 amide bonds. The normalized spacial score (nSPS) is 17.1. The van der Waals surface area contributed by atoms with Gasteiger partial charge in [0.15, 0.2) is 0 Å². The van der Waals surface area contributed by atoms with Gasteiger partial charge >= 0.3 is 0 Å². The molecule has 2 aromatic heterocycles. The number of carbonyl (C=O) groups is 1. The summed E-state index contributed by atoms with van der Waals surface area (Å²) in [5.74, 6) is 0.482. The van der Waals surface area contributed by atoms with Gasteiger partial charge in [0.2, 0.25) is 5.95 Å². The first-order valence-corrected chi connectivity index (χ1v) is 9.50. The molecule has 138 valence electrons. The van der Waals surface area contributed by atoms with Gasteiger partial charge in [-0.1, -0.05) is 25.1 Å². The van der Waals surface area contributed by atoms with Crippen molar-refractivity contribution in [1.29, 1.82) is 0 Å². The molecule has 0 spiro atoms. The molecule has 3 heterocycles. The fraction of sp³-hybridized carbons (Fsp3) is 0.333. The molecule has 1 aliphatic heterocycles. The van der Waals surface area contributed by atoms with Crippen LogP contribution in [-0.2, 0) is 0 Å². The van der Waals surface area contributed by atoms with Crippen LogP contribution in [0.3, 0.4) is 0 Å². The number of piperidine rings is 1. The van der Waals surface area contributed by atoms with Crippen molar-refractivity contribution >= 4 is 28.4 Å². The molecule has 0 bridgehead atoms. The van der Waals surface area contributed by atoms with Crippen LogP contribution in [0.2, 0.25) is 0 Å². The van der Waals surface area contributed by atoms with Crippen LogP contribution in [0.4, 0.5) is 11.6 Å². The second kappa shape index (κ2) is 7.70. The van der Waals surface area contributed by atoms with Crippen LogP contribution in [-0.4, -0.2) is 38.3 Å². The van der Waals surface area contributed by atoms with Gasteiger partial charge in [-0.2, -0.15) is 0 Å². The minimum atomic E-state index is 0.0277. The van der Waals surface area contributed by atoms with Crippen LogP contribution in [0.25, 0.3) is 10.9 Å².